The van der Waals surface area contributed by atoms with E-state index in [4.69, 9.17) is 9.47 Å². The molecule has 1 aliphatic carbocycles. The van der Waals surface area contributed by atoms with Crippen LogP contribution in [0.1, 0.15) is 45.2 Å². The third kappa shape index (κ3) is 4.07. The number of aromatic nitrogens is 2. The van der Waals surface area contributed by atoms with Gasteiger partial charge in [0.15, 0.2) is 0 Å². The van der Waals surface area contributed by atoms with Gasteiger partial charge in [-0.05, 0) is 47.1 Å². The Bertz CT molecular complexity index is 437. The highest BCUT2D eigenvalue weighted by atomic mass is 16.5. The minimum Gasteiger partial charge on any atom is -0.475 e. The minimum absolute atomic E-state index is 0.0943. The molecule has 0 aromatic carbocycles. The van der Waals surface area contributed by atoms with E-state index in [2.05, 4.69) is 15.3 Å². The minimum atomic E-state index is 0.0943. The van der Waals surface area contributed by atoms with Gasteiger partial charge in [-0.1, -0.05) is 6.42 Å². The van der Waals surface area contributed by atoms with Gasteiger partial charge in [0.25, 0.3) is 0 Å². The number of aryl methyl sites for hydroxylation is 1. The molecule has 1 heterocycles. The third-order valence-electron chi connectivity index (χ3n) is 3.50. The molecule has 0 saturated heterocycles. The van der Waals surface area contributed by atoms with E-state index in [0.717, 1.165) is 18.5 Å². The number of hydrogen-bond acceptors (Lipinski definition) is 5. The van der Waals surface area contributed by atoms with Crippen LogP contribution in [0.3, 0.4) is 0 Å². The van der Waals surface area contributed by atoms with E-state index in [1.54, 1.807) is 0 Å². The van der Waals surface area contributed by atoms with E-state index >= 15 is 0 Å². The molecule has 0 radical (unpaired) electrons. The summed E-state index contributed by atoms with van der Waals surface area (Å²) in [6.07, 6.45) is 4.87. The molecule has 1 aromatic rings. The van der Waals surface area contributed by atoms with E-state index in [1.807, 2.05) is 33.9 Å². The summed E-state index contributed by atoms with van der Waals surface area (Å²) in [4.78, 5) is 8.72. The zero-order chi connectivity index (χ0) is 14.5. The first kappa shape index (κ1) is 15.0. The summed E-state index contributed by atoms with van der Waals surface area (Å²) in [7, 11) is 1.98. The van der Waals surface area contributed by atoms with Gasteiger partial charge in [-0.2, -0.15) is 4.98 Å². The maximum absolute atomic E-state index is 6.00. The Kier molecular flexibility index (Phi) is 5.17. The van der Waals surface area contributed by atoms with Crippen molar-refractivity contribution in [3.63, 3.8) is 0 Å². The van der Waals surface area contributed by atoms with Crippen LogP contribution < -0.4 is 14.8 Å². The van der Waals surface area contributed by atoms with Crippen LogP contribution in [0.5, 0.6) is 11.9 Å². The van der Waals surface area contributed by atoms with Gasteiger partial charge in [-0.15, -0.1) is 0 Å². The normalized spacial score (nSPS) is 22.9. The molecule has 5 nitrogen and oxygen atoms in total. The first-order chi connectivity index (χ1) is 9.58. The molecule has 5 heteroatoms. The Labute approximate surface area is 121 Å². The number of rotatable bonds is 5. The molecule has 1 aliphatic rings. The topological polar surface area (TPSA) is 56.3 Å². The lowest BCUT2D eigenvalue weighted by Gasteiger charge is -2.30. The van der Waals surface area contributed by atoms with Gasteiger partial charge in [0, 0.05) is 17.8 Å². The highest BCUT2D eigenvalue weighted by molar-refractivity contribution is 5.18. The first-order valence-electron chi connectivity index (χ1n) is 7.44. The van der Waals surface area contributed by atoms with Gasteiger partial charge in [-0.25, -0.2) is 4.98 Å². The maximum atomic E-state index is 6.00. The van der Waals surface area contributed by atoms with Crippen molar-refractivity contribution in [1.82, 2.24) is 15.3 Å². The van der Waals surface area contributed by atoms with Gasteiger partial charge < -0.3 is 14.8 Å². The second-order valence-corrected chi connectivity index (χ2v) is 5.63. The molecule has 2 unspecified atom stereocenters. The molecule has 2 atom stereocenters. The van der Waals surface area contributed by atoms with Crippen molar-refractivity contribution in [2.45, 2.75) is 64.7 Å². The molecule has 2 rings (SSSR count). The van der Waals surface area contributed by atoms with Gasteiger partial charge in [0.1, 0.15) is 6.10 Å². The largest absolute Gasteiger partial charge is 0.475 e. The zero-order valence-electron chi connectivity index (χ0n) is 12.8. The van der Waals surface area contributed by atoms with Crippen LogP contribution in [0.25, 0.3) is 0 Å². The quantitative estimate of drug-likeness (QED) is 0.897. The monoisotopic (exact) mass is 279 g/mol. The highest BCUT2D eigenvalue weighted by Gasteiger charge is 2.26. The Morgan fingerprint density at radius 1 is 1.25 bits per heavy atom. The lowest BCUT2D eigenvalue weighted by atomic mass is 9.92. The van der Waals surface area contributed by atoms with Crippen LogP contribution in [0.15, 0.2) is 6.07 Å². The van der Waals surface area contributed by atoms with Gasteiger partial charge >= 0.3 is 6.01 Å². The molecule has 1 N–H and O–H groups in total. The summed E-state index contributed by atoms with van der Waals surface area (Å²) in [5, 5.41) is 3.32. The van der Waals surface area contributed by atoms with Gasteiger partial charge in [-0.3, -0.25) is 0 Å². The molecular formula is C15H25N3O2. The van der Waals surface area contributed by atoms with Crippen molar-refractivity contribution in [1.29, 1.82) is 0 Å². The molecule has 1 fully saturated rings. The van der Waals surface area contributed by atoms with Crippen LogP contribution in [0, 0.1) is 6.92 Å². The summed E-state index contributed by atoms with van der Waals surface area (Å²) in [5.41, 5.74) is 0.863. The fourth-order valence-electron chi connectivity index (χ4n) is 2.57. The summed E-state index contributed by atoms with van der Waals surface area (Å²) < 4.78 is 11.6. The van der Waals surface area contributed by atoms with E-state index < -0.39 is 0 Å². The number of hydrogen-bond donors (Lipinski definition) is 1. The summed E-state index contributed by atoms with van der Waals surface area (Å²) in [6.45, 7) is 5.89. The molecule has 0 aliphatic heterocycles. The average molecular weight is 279 g/mol. The molecule has 112 valence electrons. The second-order valence-electron chi connectivity index (χ2n) is 5.63. The fraction of sp³-hybridized carbons (Fsp3) is 0.733. The number of likely N-dealkylation sites (N-methyl/N-ethyl adjacent to an activating group) is 1. The van der Waals surface area contributed by atoms with Crippen molar-refractivity contribution in [3.05, 3.63) is 11.8 Å². The fourth-order valence-corrected chi connectivity index (χ4v) is 2.57. The lowest BCUT2D eigenvalue weighted by molar-refractivity contribution is 0.105. The summed E-state index contributed by atoms with van der Waals surface area (Å²) in [5.74, 6) is 0.583. The van der Waals surface area contributed by atoms with Crippen molar-refractivity contribution in [3.8, 4) is 11.9 Å². The van der Waals surface area contributed by atoms with Gasteiger partial charge in [0.05, 0.1) is 6.10 Å². The van der Waals surface area contributed by atoms with Crippen LogP contribution in [0.2, 0.25) is 0 Å². The summed E-state index contributed by atoms with van der Waals surface area (Å²) >= 11 is 0. The van der Waals surface area contributed by atoms with Gasteiger partial charge in [0.2, 0.25) is 5.88 Å². The van der Waals surface area contributed by atoms with E-state index in [1.165, 1.54) is 12.8 Å². The third-order valence-corrected chi connectivity index (χ3v) is 3.50. The van der Waals surface area contributed by atoms with Crippen LogP contribution in [-0.2, 0) is 0 Å². The Hall–Kier alpha value is -1.36. The molecule has 20 heavy (non-hydrogen) atoms. The van der Waals surface area contributed by atoms with Crippen LogP contribution in [-0.4, -0.2) is 35.3 Å². The SMILES string of the molecule is CNC1CCCCC1Oc1nc(C)cc(OC(C)C)n1. The molecule has 0 bridgehead atoms. The molecule has 1 aromatic heterocycles. The van der Waals surface area contributed by atoms with E-state index in [0.29, 0.717) is 17.9 Å². The average Bonchev–Trinajstić information content (AvgIpc) is 2.37. The predicted octanol–water partition coefficient (Wildman–Crippen LogP) is 2.48. The van der Waals surface area contributed by atoms with Crippen molar-refractivity contribution in [2.75, 3.05) is 7.05 Å². The van der Waals surface area contributed by atoms with E-state index in [9.17, 15) is 0 Å². The molecule has 1 saturated carbocycles. The lowest BCUT2D eigenvalue weighted by Crippen LogP contribution is -2.43. The number of nitrogens with one attached hydrogen (secondary N) is 1. The second kappa shape index (κ2) is 6.88. The smallest absolute Gasteiger partial charge is 0.320 e. The summed E-state index contributed by atoms with van der Waals surface area (Å²) in [6, 6.07) is 2.64. The Morgan fingerprint density at radius 3 is 2.70 bits per heavy atom. The number of ether oxygens (including phenoxy) is 2. The number of nitrogens with zero attached hydrogens (tertiary/aromatic N) is 2. The Morgan fingerprint density at radius 2 is 2.00 bits per heavy atom. The van der Waals surface area contributed by atoms with Crippen molar-refractivity contribution in [2.24, 2.45) is 0 Å². The van der Waals surface area contributed by atoms with Crippen molar-refractivity contribution < 1.29 is 9.47 Å². The predicted molar refractivity (Wildman–Crippen MR) is 78.3 cm³/mol. The van der Waals surface area contributed by atoms with E-state index in [-0.39, 0.29) is 12.2 Å². The maximum Gasteiger partial charge on any atom is 0.320 e. The molecular weight excluding hydrogens is 254 g/mol. The standard InChI is InChI=1S/C15H25N3O2/c1-10(2)19-14-9-11(3)17-15(18-14)20-13-8-6-5-7-12(13)16-4/h9-10,12-13,16H,5-8H2,1-4H3. The van der Waals surface area contributed by atoms with Crippen LogP contribution >= 0.6 is 0 Å². The first-order valence-corrected chi connectivity index (χ1v) is 7.44. The molecule has 0 amide bonds. The van der Waals surface area contributed by atoms with Crippen molar-refractivity contribution >= 4 is 0 Å². The van der Waals surface area contributed by atoms with Crippen LogP contribution in [0.4, 0.5) is 0 Å². The Balaban J connectivity index is 2.09. The highest BCUT2D eigenvalue weighted by Crippen LogP contribution is 2.23. The molecule has 0 spiro atoms. The zero-order valence-corrected chi connectivity index (χ0v) is 12.8.